The van der Waals surface area contributed by atoms with Crippen molar-refractivity contribution in [3.8, 4) is 0 Å². The molecule has 5 nitrogen and oxygen atoms in total. The van der Waals surface area contributed by atoms with E-state index in [-0.39, 0.29) is 12.5 Å². The monoisotopic (exact) mass is 298 g/mol. The maximum atomic E-state index is 12.5. The Morgan fingerprint density at radius 3 is 2.95 bits per heavy atom. The molecule has 5 heteroatoms. The van der Waals surface area contributed by atoms with Gasteiger partial charge in [0.2, 0.25) is 5.91 Å². The smallest absolute Gasteiger partial charge is 0.244 e. The highest BCUT2D eigenvalue weighted by atomic mass is 16.2. The number of rotatable bonds is 3. The molecule has 0 radical (unpaired) electrons. The summed E-state index contributed by atoms with van der Waals surface area (Å²) < 4.78 is 1.61. The second kappa shape index (κ2) is 6.22. The molecule has 1 amide bonds. The van der Waals surface area contributed by atoms with E-state index in [2.05, 4.69) is 36.3 Å². The number of hydrogen-bond acceptors (Lipinski definition) is 3. The van der Waals surface area contributed by atoms with E-state index < -0.39 is 0 Å². The van der Waals surface area contributed by atoms with Crippen molar-refractivity contribution >= 4 is 11.6 Å². The third-order valence-corrected chi connectivity index (χ3v) is 4.35. The van der Waals surface area contributed by atoms with Gasteiger partial charge in [-0.2, -0.15) is 5.10 Å². The largest absolute Gasteiger partial charge is 0.396 e. The fourth-order valence-corrected chi connectivity index (χ4v) is 3.21. The van der Waals surface area contributed by atoms with Gasteiger partial charge >= 0.3 is 0 Å². The number of piperidine rings is 1. The number of aryl methyl sites for hydroxylation is 1. The van der Waals surface area contributed by atoms with Crippen molar-refractivity contribution < 1.29 is 4.79 Å². The predicted molar refractivity (Wildman–Crippen MR) is 86.4 cm³/mol. The zero-order chi connectivity index (χ0) is 15.5. The van der Waals surface area contributed by atoms with Crippen molar-refractivity contribution in [2.45, 2.75) is 32.2 Å². The van der Waals surface area contributed by atoms with Crippen LogP contribution in [0.15, 0.2) is 36.7 Å². The number of carbonyl (C=O) groups excluding carboxylic acids is 1. The average Bonchev–Trinajstić information content (AvgIpc) is 2.93. The molecule has 2 heterocycles. The van der Waals surface area contributed by atoms with Crippen LogP contribution >= 0.6 is 0 Å². The molecule has 1 fully saturated rings. The number of aromatic nitrogens is 2. The molecule has 1 saturated heterocycles. The molecule has 2 N–H and O–H groups in total. The number of nitrogens with zero attached hydrogens (tertiary/aromatic N) is 3. The summed E-state index contributed by atoms with van der Waals surface area (Å²) >= 11 is 0. The Morgan fingerprint density at radius 1 is 1.41 bits per heavy atom. The molecule has 0 spiro atoms. The molecular formula is C17H22N4O. The third kappa shape index (κ3) is 3.13. The van der Waals surface area contributed by atoms with E-state index in [1.807, 2.05) is 4.90 Å². The molecule has 0 bridgehead atoms. The first-order chi connectivity index (χ1) is 10.6. The lowest BCUT2D eigenvalue weighted by Crippen LogP contribution is -2.41. The van der Waals surface area contributed by atoms with E-state index in [1.165, 1.54) is 11.1 Å². The highest BCUT2D eigenvalue weighted by molar-refractivity contribution is 5.76. The van der Waals surface area contributed by atoms with Gasteiger partial charge in [0.05, 0.1) is 11.9 Å². The number of nitrogens with two attached hydrogens (primary N) is 1. The van der Waals surface area contributed by atoms with Crippen molar-refractivity contribution in [1.82, 2.24) is 14.7 Å². The minimum atomic E-state index is 0.112. The number of likely N-dealkylation sites (tertiary alicyclic amines) is 1. The van der Waals surface area contributed by atoms with Crippen molar-refractivity contribution in [3.05, 3.63) is 47.8 Å². The molecule has 1 atom stereocenters. The van der Waals surface area contributed by atoms with Crippen LogP contribution in [0.3, 0.4) is 0 Å². The summed E-state index contributed by atoms with van der Waals surface area (Å²) in [4.78, 5) is 14.4. The molecule has 1 aromatic heterocycles. The summed E-state index contributed by atoms with van der Waals surface area (Å²) in [7, 11) is 0. The number of nitrogen functional groups attached to an aromatic ring is 1. The van der Waals surface area contributed by atoms with E-state index in [9.17, 15) is 4.79 Å². The number of carbonyl (C=O) groups is 1. The fourth-order valence-electron chi connectivity index (χ4n) is 3.21. The van der Waals surface area contributed by atoms with E-state index >= 15 is 0 Å². The molecule has 22 heavy (non-hydrogen) atoms. The van der Waals surface area contributed by atoms with Crippen molar-refractivity contribution in [2.24, 2.45) is 0 Å². The lowest BCUT2D eigenvalue weighted by Gasteiger charge is -2.33. The summed E-state index contributed by atoms with van der Waals surface area (Å²) in [5, 5.41) is 4.09. The Hall–Kier alpha value is -2.30. The van der Waals surface area contributed by atoms with E-state index in [1.54, 1.807) is 17.1 Å². The topological polar surface area (TPSA) is 64.2 Å². The Labute approximate surface area is 130 Å². The van der Waals surface area contributed by atoms with Crippen LogP contribution < -0.4 is 5.73 Å². The van der Waals surface area contributed by atoms with Gasteiger partial charge in [0.1, 0.15) is 6.54 Å². The zero-order valence-corrected chi connectivity index (χ0v) is 12.9. The molecular weight excluding hydrogens is 276 g/mol. The maximum absolute atomic E-state index is 12.5. The van der Waals surface area contributed by atoms with Gasteiger partial charge in [-0.15, -0.1) is 0 Å². The van der Waals surface area contributed by atoms with Gasteiger partial charge in [-0.1, -0.05) is 24.3 Å². The van der Waals surface area contributed by atoms with Crippen molar-refractivity contribution in [1.29, 1.82) is 0 Å². The first kappa shape index (κ1) is 14.6. The quantitative estimate of drug-likeness (QED) is 0.944. The van der Waals surface area contributed by atoms with Gasteiger partial charge in [0, 0.05) is 25.2 Å². The van der Waals surface area contributed by atoms with Crippen LogP contribution in [0.25, 0.3) is 0 Å². The number of amides is 1. The number of anilines is 1. The van der Waals surface area contributed by atoms with Crippen LogP contribution in [0.5, 0.6) is 0 Å². The highest BCUT2D eigenvalue weighted by Crippen LogP contribution is 2.29. The van der Waals surface area contributed by atoms with E-state index in [4.69, 9.17) is 5.73 Å². The molecule has 3 rings (SSSR count). The van der Waals surface area contributed by atoms with Gasteiger partial charge in [-0.3, -0.25) is 9.48 Å². The van der Waals surface area contributed by atoms with Gasteiger partial charge in [0.15, 0.2) is 0 Å². The minimum Gasteiger partial charge on any atom is -0.396 e. The number of benzene rings is 1. The third-order valence-electron chi connectivity index (χ3n) is 4.35. The van der Waals surface area contributed by atoms with Gasteiger partial charge in [-0.25, -0.2) is 0 Å². The molecule has 2 aromatic rings. The Morgan fingerprint density at radius 2 is 2.23 bits per heavy atom. The Bertz CT molecular complexity index is 664. The molecule has 0 unspecified atom stereocenters. The maximum Gasteiger partial charge on any atom is 0.244 e. The molecule has 0 aliphatic carbocycles. The minimum absolute atomic E-state index is 0.112. The van der Waals surface area contributed by atoms with Crippen LogP contribution in [-0.4, -0.2) is 33.7 Å². The number of hydrogen-bond donors (Lipinski definition) is 1. The second-order valence-electron chi connectivity index (χ2n) is 6.01. The van der Waals surface area contributed by atoms with Crippen LogP contribution in [0.2, 0.25) is 0 Å². The molecule has 1 aliphatic rings. The average molecular weight is 298 g/mol. The Balaban J connectivity index is 1.67. The fraction of sp³-hybridized carbons (Fsp3) is 0.412. The van der Waals surface area contributed by atoms with Crippen molar-refractivity contribution in [2.75, 3.05) is 18.8 Å². The molecule has 1 aromatic carbocycles. The molecule has 0 saturated carbocycles. The summed E-state index contributed by atoms with van der Waals surface area (Å²) in [6.07, 6.45) is 5.45. The predicted octanol–water partition coefficient (Wildman–Crippen LogP) is 2.18. The zero-order valence-electron chi connectivity index (χ0n) is 12.9. The lowest BCUT2D eigenvalue weighted by molar-refractivity contribution is -0.133. The molecule has 116 valence electrons. The second-order valence-corrected chi connectivity index (χ2v) is 6.01. The van der Waals surface area contributed by atoms with Crippen LogP contribution in [0.4, 0.5) is 5.69 Å². The van der Waals surface area contributed by atoms with Crippen LogP contribution in [-0.2, 0) is 11.3 Å². The van der Waals surface area contributed by atoms with Crippen LogP contribution in [0, 0.1) is 6.92 Å². The summed E-state index contributed by atoms with van der Waals surface area (Å²) in [6, 6.07) is 8.47. The normalized spacial score (nSPS) is 18.4. The Kier molecular flexibility index (Phi) is 4.13. The summed E-state index contributed by atoms with van der Waals surface area (Å²) in [6.45, 7) is 4.03. The first-order valence-corrected chi connectivity index (χ1v) is 7.74. The van der Waals surface area contributed by atoms with E-state index in [0.29, 0.717) is 11.6 Å². The SMILES string of the molecule is Cc1ccccc1[C@@H]1CCCN(C(=O)Cn2cc(N)cn2)C1. The van der Waals surface area contributed by atoms with Gasteiger partial charge in [-0.05, 0) is 30.9 Å². The lowest BCUT2D eigenvalue weighted by atomic mass is 9.88. The summed E-state index contributed by atoms with van der Waals surface area (Å²) in [5.41, 5.74) is 8.90. The van der Waals surface area contributed by atoms with Crippen molar-refractivity contribution in [3.63, 3.8) is 0 Å². The van der Waals surface area contributed by atoms with Gasteiger partial charge < -0.3 is 10.6 Å². The molecule has 1 aliphatic heterocycles. The van der Waals surface area contributed by atoms with E-state index in [0.717, 1.165) is 25.9 Å². The standard InChI is InChI=1S/C17H22N4O/c1-13-5-2-3-7-16(13)14-6-4-8-20(10-14)17(22)12-21-11-15(18)9-19-21/h2-3,5,7,9,11,14H,4,6,8,10,12,18H2,1H3/t14-/m1/s1. The highest BCUT2D eigenvalue weighted by Gasteiger charge is 2.25. The summed E-state index contributed by atoms with van der Waals surface area (Å²) in [5.74, 6) is 0.544. The van der Waals surface area contributed by atoms with Gasteiger partial charge in [0.25, 0.3) is 0 Å². The van der Waals surface area contributed by atoms with Crippen LogP contribution in [0.1, 0.15) is 29.9 Å². The first-order valence-electron chi connectivity index (χ1n) is 7.74.